The topological polar surface area (TPSA) is 65.0 Å². The molecule has 0 saturated heterocycles. The molecule has 0 aromatic heterocycles. The van der Waals surface area contributed by atoms with Gasteiger partial charge in [-0.15, -0.1) is 0 Å². The van der Waals surface area contributed by atoms with E-state index in [1.807, 2.05) is 19.9 Å². The third kappa shape index (κ3) is 5.22. The summed E-state index contributed by atoms with van der Waals surface area (Å²) in [5, 5.41) is 0. The first-order chi connectivity index (χ1) is 9.69. The van der Waals surface area contributed by atoms with Crippen LogP contribution in [0.1, 0.15) is 26.7 Å². The molecule has 0 aliphatic carbocycles. The van der Waals surface area contributed by atoms with Crippen molar-refractivity contribution in [3.8, 4) is 0 Å². The first-order valence-corrected chi connectivity index (χ1v) is 6.67. The molecule has 0 aliphatic rings. The fourth-order valence-electron chi connectivity index (χ4n) is 1.33. The van der Waals surface area contributed by atoms with Crippen molar-refractivity contribution in [2.75, 3.05) is 13.2 Å². The number of para-hydroxylation sites is 1. The molecule has 20 heavy (non-hydrogen) atoms. The van der Waals surface area contributed by atoms with Crippen LogP contribution in [0.15, 0.2) is 35.3 Å². The molecule has 0 unspecified atom stereocenters. The highest BCUT2D eigenvalue weighted by Crippen LogP contribution is 2.11. The van der Waals surface area contributed by atoms with Gasteiger partial charge in [0.2, 0.25) is 5.71 Å². The Morgan fingerprint density at radius 1 is 0.950 bits per heavy atom. The Kier molecular flexibility index (Phi) is 7.03. The Labute approximate surface area is 118 Å². The number of esters is 2. The third-order valence-corrected chi connectivity index (χ3v) is 2.26. The highest BCUT2D eigenvalue weighted by Gasteiger charge is 2.23. The zero-order chi connectivity index (χ0) is 14.8. The molecule has 0 saturated carbocycles. The van der Waals surface area contributed by atoms with Crippen LogP contribution in [0.3, 0.4) is 0 Å². The molecule has 1 rings (SSSR count). The summed E-state index contributed by atoms with van der Waals surface area (Å²) >= 11 is 0. The van der Waals surface area contributed by atoms with Crippen LogP contribution in [0, 0.1) is 0 Å². The normalized spacial score (nSPS) is 9.70. The number of ether oxygens (including phenoxy) is 2. The molecule has 0 spiro atoms. The van der Waals surface area contributed by atoms with E-state index in [9.17, 15) is 9.59 Å². The number of benzene rings is 1. The number of hydrogen-bond donors (Lipinski definition) is 0. The molecule has 0 bridgehead atoms. The zero-order valence-corrected chi connectivity index (χ0v) is 11.8. The fraction of sp³-hybridized carbons (Fsp3) is 0.400. The van der Waals surface area contributed by atoms with Gasteiger partial charge in [-0.05, 0) is 25.0 Å². The Morgan fingerprint density at radius 2 is 1.45 bits per heavy atom. The van der Waals surface area contributed by atoms with Crippen LogP contribution in [0.5, 0.6) is 0 Å². The van der Waals surface area contributed by atoms with E-state index in [2.05, 4.69) is 4.99 Å². The fourth-order valence-corrected chi connectivity index (χ4v) is 1.33. The van der Waals surface area contributed by atoms with Gasteiger partial charge in [-0.25, -0.2) is 14.6 Å². The second-order valence-corrected chi connectivity index (χ2v) is 4.07. The summed E-state index contributed by atoms with van der Waals surface area (Å²) in [6.45, 7) is 4.23. The van der Waals surface area contributed by atoms with E-state index in [1.165, 1.54) is 0 Å². The van der Waals surface area contributed by atoms with E-state index in [0.29, 0.717) is 18.5 Å². The number of carbonyl (C=O) groups excluding carboxylic acids is 2. The molecule has 0 atom stereocenters. The summed E-state index contributed by atoms with van der Waals surface area (Å²) in [5.74, 6) is -1.51. The van der Waals surface area contributed by atoms with Gasteiger partial charge in [0.1, 0.15) is 0 Å². The standard InChI is InChI=1S/C15H19NO4/c1-3-10-19-14(17)13(15(18)20-11-4-2)16-12-8-6-5-7-9-12/h5-9H,3-4,10-11H2,1-2H3. The van der Waals surface area contributed by atoms with E-state index in [4.69, 9.17) is 9.47 Å². The smallest absolute Gasteiger partial charge is 0.364 e. The molecular formula is C15H19NO4. The molecule has 0 heterocycles. The van der Waals surface area contributed by atoms with Crippen molar-refractivity contribution < 1.29 is 19.1 Å². The van der Waals surface area contributed by atoms with E-state index >= 15 is 0 Å². The molecule has 1 aromatic rings. The van der Waals surface area contributed by atoms with Crippen LogP contribution in [0.4, 0.5) is 5.69 Å². The lowest BCUT2D eigenvalue weighted by Crippen LogP contribution is -2.28. The van der Waals surface area contributed by atoms with Crippen LogP contribution in [-0.4, -0.2) is 30.9 Å². The third-order valence-electron chi connectivity index (χ3n) is 2.26. The SMILES string of the molecule is CCCOC(=O)C(=Nc1ccccc1)C(=O)OCCC. The summed E-state index contributed by atoms with van der Waals surface area (Å²) < 4.78 is 9.91. The van der Waals surface area contributed by atoms with Gasteiger partial charge in [-0.1, -0.05) is 32.0 Å². The maximum atomic E-state index is 11.9. The molecule has 0 radical (unpaired) electrons. The lowest BCUT2D eigenvalue weighted by Gasteiger charge is -2.07. The number of carbonyl (C=O) groups is 2. The first-order valence-electron chi connectivity index (χ1n) is 6.67. The lowest BCUT2D eigenvalue weighted by molar-refractivity contribution is -0.141. The second-order valence-electron chi connectivity index (χ2n) is 4.07. The van der Waals surface area contributed by atoms with Gasteiger partial charge < -0.3 is 9.47 Å². The highest BCUT2D eigenvalue weighted by atomic mass is 16.6. The predicted octanol–water partition coefficient (Wildman–Crippen LogP) is 2.67. The predicted molar refractivity (Wildman–Crippen MR) is 76.0 cm³/mol. The summed E-state index contributed by atoms with van der Waals surface area (Å²) in [6, 6.07) is 8.75. The molecule has 0 fully saturated rings. The van der Waals surface area contributed by atoms with E-state index in [0.717, 1.165) is 0 Å². The summed E-state index contributed by atoms with van der Waals surface area (Å²) in [6.07, 6.45) is 1.35. The number of nitrogens with zero attached hydrogens (tertiary/aromatic N) is 1. The van der Waals surface area contributed by atoms with Gasteiger partial charge in [-0.3, -0.25) is 0 Å². The molecule has 0 N–H and O–H groups in total. The first kappa shape index (κ1) is 15.9. The number of aliphatic imine (C=N–C) groups is 1. The second kappa shape index (κ2) is 8.85. The maximum Gasteiger partial charge on any atom is 0.364 e. The van der Waals surface area contributed by atoms with Crippen LogP contribution < -0.4 is 0 Å². The molecule has 0 amide bonds. The van der Waals surface area contributed by atoms with Crippen molar-refractivity contribution in [3.05, 3.63) is 30.3 Å². The van der Waals surface area contributed by atoms with Crippen molar-refractivity contribution >= 4 is 23.3 Å². The van der Waals surface area contributed by atoms with Gasteiger partial charge in [0.25, 0.3) is 0 Å². The summed E-state index contributed by atoms with van der Waals surface area (Å²) in [4.78, 5) is 27.7. The van der Waals surface area contributed by atoms with Crippen LogP contribution in [-0.2, 0) is 19.1 Å². The van der Waals surface area contributed by atoms with E-state index < -0.39 is 11.9 Å². The number of rotatable bonds is 7. The monoisotopic (exact) mass is 277 g/mol. The molecule has 0 aliphatic heterocycles. The van der Waals surface area contributed by atoms with E-state index in [-0.39, 0.29) is 18.9 Å². The summed E-state index contributed by atoms with van der Waals surface area (Å²) in [5.41, 5.74) is 0.183. The van der Waals surface area contributed by atoms with Crippen molar-refractivity contribution in [2.45, 2.75) is 26.7 Å². The minimum atomic E-state index is -0.753. The zero-order valence-electron chi connectivity index (χ0n) is 11.8. The van der Waals surface area contributed by atoms with E-state index in [1.54, 1.807) is 24.3 Å². The molecule has 1 aromatic carbocycles. The van der Waals surface area contributed by atoms with Gasteiger partial charge in [0.15, 0.2) is 0 Å². The van der Waals surface area contributed by atoms with Crippen molar-refractivity contribution in [1.82, 2.24) is 0 Å². The van der Waals surface area contributed by atoms with Crippen LogP contribution >= 0.6 is 0 Å². The Balaban J connectivity index is 2.91. The highest BCUT2D eigenvalue weighted by molar-refractivity contribution is 6.63. The minimum Gasteiger partial charge on any atom is -0.461 e. The average Bonchev–Trinajstić information content (AvgIpc) is 2.48. The van der Waals surface area contributed by atoms with Crippen molar-refractivity contribution in [1.29, 1.82) is 0 Å². The van der Waals surface area contributed by atoms with Gasteiger partial charge in [-0.2, -0.15) is 0 Å². The number of hydrogen-bond acceptors (Lipinski definition) is 5. The lowest BCUT2D eigenvalue weighted by atomic mass is 10.3. The van der Waals surface area contributed by atoms with Crippen LogP contribution in [0.2, 0.25) is 0 Å². The molecule has 5 heteroatoms. The summed E-state index contributed by atoms with van der Waals surface area (Å²) in [7, 11) is 0. The molecule has 108 valence electrons. The van der Waals surface area contributed by atoms with Gasteiger partial charge in [0, 0.05) is 0 Å². The quantitative estimate of drug-likeness (QED) is 0.436. The Morgan fingerprint density at radius 3 is 1.90 bits per heavy atom. The van der Waals surface area contributed by atoms with Crippen molar-refractivity contribution in [3.63, 3.8) is 0 Å². The Hall–Kier alpha value is -2.17. The van der Waals surface area contributed by atoms with Gasteiger partial charge in [0.05, 0.1) is 18.9 Å². The van der Waals surface area contributed by atoms with Gasteiger partial charge >= 0.3 is 11.9 Å². The molecular weight excluding hydrogens is 258 g/mol. The van der Waals surface area contributed by atoms with Crippen molar-refractivity contribution in [2.24, 2.45) is 4.99 Å². The van der Waals surface area contributed by atoms with Crippen LogP contribution in [0.25, 0.3) is 0 Å². The minimum absolute atomic E-state index is 0.244. The largest absolute Gasteiger partial charge is 0.461 e. The Bertz CT molecular complexity index is 446. The molecule has 5 nitrogen and oxygen atoms in total. The average molecular weight is 277 g/mol. The maximum absolute atomic E-state index is 11.9.